The number of morpholine rings is 1. The summed E-state index contributed by atoms with van der Waals surface area (Å²) in [6.45, 7) is 1.00. The van der Waals surface area contributed by atoms with Crippen LogP contribution in [0.2, 0.25) is 0 Å². The molecule has 2 aromatic carbocycles. The lowest BCUT2D eigenvalue weighted by molar-refractivity contribution is -0.167. The largest absolute Gasteiger partial charge is 0.480 e. The summed E-state index contributed by atoms with van der Waals surface area (Å²) in [7, 11) is 1.54. The maximum Gasteiger partial charge on any atom is 0.411 e. The van der Waals surface area contributed by atoms with E-state index < -0.39 is 59.4 Å². The van der Waals surface area contributed by atoms with Crippen LogP contribution in [-0.2, 0) is 40.8 Å². The fourth-order valence-corrected chi connectivity index (χ4v) is 6.39. The van der Waals surface area contributed by atoms with Crippen LogP contribution in [0.4, 0.5) is 23.2 Å². The number of hydrogen-bond donors (Lipinski definition) is 2. The number of nitrogens with zero attached hydrogens (tertiary/aromatic N) is 4. The molecule has 2 N–H and O–H groups in total. The molecule has 1 saturated heterocycles. The molecule has 0 unspecified atom stereocenters. The van der Waals surface area contributed by atoms with Gasteiger partial charge in [-0.05, 0) is 42.3 Å². The first-order chi connectivity index (χ1) is 23.3. The van der Waals surface area contributed by atoms with Gasteiger partial charge in [-0.1, -0.05) is 12.1 Å². The number of carbonyl (C=O) groups excluding carboxylic acids is 1. The fourth-order valence-electron chi connectivity index (χ4n) is 6.39. The first-order valence-electron chi connectivity index (χ1n) is 15.3. The standard InChI is InChI=1S/C33H31F4N5O7/c1-17-12-19(41-9-11-49-16-26(41)33(35,36)37)14-22(34)27(17)29(43)39-23(31(45)46)13-18-5-6-24(28-20(18)4-3-8-38-28)42-30(44)21-7-10-48-15-25(21)40(2)32(42)47/h3-6,8,12,14,23,26H,7,9-11,13,15-16H2,1-2H3,(H,39,43)(H,45,46)/t23-,26+/m0/s1. The number of aromatic nitrogens is 3. The van der Waals surface area contributed by atoms with Gasteiger partial charge in [0.1, 0.15) is 17.9 Å². The SMILES string of the molecule is Cc1cc(N2CCOC[C@@H]2C(F)(F)F)cc(F)c1C(=O)N[C@@H](Cc1ccc(-n2c(=O)c3c(n(C)c2=O)COCC3)c2ncccc12)C(=O)O. The summed E-state index contributed by atoms with van der Waals surface area (Å²) < 4.78 is 69.1. The molecule has 0 aliphatic carbocycles. The number of ether oxygens (including phenoxy) is 2. The van der Waals surface area contributed by atoms with Crippen molar-refractivity contribution in [2.45, 2.75) is 44.6 Å². The Morgan fingerprint density at radius 2 is 1.92 bits per heavy atom. The Bertz CT molecular complexity index is 2070. The number of aryl methyl sites for hydroxylation is 1. The maximum absolute atomic E-state index is 15.4. The van der Waals surface area contributed by atoms with Crippen LogP contribution in [0.15, 0.2) is 52.2 Å². The highest BCUT2D eigenvalue weighted by molar-refractivity contribution is 5.99. The minimum atomic E-state index is -4.64. The molecule has 2 atom stereocenters. The Morgan fingerprint density at radius 1 is 1.14 bits per heavy atom. The average molecular weight is 686 g/mol. The molecule has 49 heavy (non-hydrogen) atoms. The van der Waals surface area contributed by atoms with Gasteiger partial charge in [0, 0.05) is 49.3 Å². The van der Waals surface area contributed by atoms with Gasteiger partial charge in [0.2, 0.25) is 0 Å². The first kappa shape index (κ1) is 33.8. The van der Waals surface area contributed by atoms with E-state index in [1.54, 1.807) is 12.1 Å². The zero-order chi connectivity index (χ0) is 35.2. The number of hydrogen-bond acceptors (Lipinski definition) is 8. The Balaban J connectivity index is 1.31. The van der Waals surface area contributed by atoms with Crippen LogP contribution in [-0.4, -0.2) is 75.7 Å². The van der Waals surface area contributed by atoms with E-state index in [9.17, 15) is 37.5 Å². The van der Waals surface area contributed by atoms with Crippen LogP contribution in [0.5, 0.6) is 0 Å². The van der Waals surface area contributed by atoms with E-state index in [0.29, 0.717) is 35.2 Å². The first-order valence-corrected chi connectivity index (χ1v) is 15.3. The van der Waals surface area contributed by atoms with Gasteiger partial charge in [-0.2, -0.15) is 13.2 Å². The van der Waals surface area contributed by atoms with Crippen molar-refractivity contribution in [3.8, 4) is 5.69 Å². The lowest BCUT2D eigenvalue weighted by atomic mass is 9.99. The molecule has 2 aliphatic heterocycles. The second-order valence-electron chi connectivity index (χ2n) is 11.9. The molecule has 2 aromatic heterocycles. The van der Waals surface area contributed by atoms with Gasteiger partial charge in [0.25, 0.3) is 11.5 Å². The third-order valence-electron chi connectivity index (χ3n) is 8.87. The van der Waals surface area contributed by atoms with E-state index in [1.165, 1.54) is 42.9 Å². The van der Waals surface area contributed by atoms with Gasteiger partial charge >= 0.3 is 17.8 Å². The molecule has 4 heterocycles. The third-order valence-corrected chi connectivity index (χ3v) is 8.87. The average Bonchev–Trinajstić information content (AvgIpc) is 3.07. The lowest BCUT2D eigenvalue weighted by Crippen LogP contribution is -2.53. The zero-order valence-corrected chi connectivity index (χ0v) is 26.3. The quantitative estimate of drug-likeness (QED) is 0.281. The Hall–Kier alpha value is -5.09. The second-order valence-corrected chi connectivity index (χ2v) is 11.9. The van der Waals surface area contributed by atoms with Gasteiger partial charge < -0.3 is 24.8 Å². The van der Waals surface area contributed by atoms with E-state index >= 15 is 4.39 Å². The smallest absolute Gasteiger partial charge is 0.411 e. The van der Waals surface area contributed by atoms with Crippen LogP contribution in [0.1, 0.15) is 32.7 Å². The van der Waals surface area contributed by atoms with E-state index in [4.69, 9.17) is 9.47 Å². The lowest BCUT2D eigenvalue weighted by Gasteiger charge is -2.38. The third kappa shape index (κ3) is 6.28. The molecule has 2 aliphatic rings. The molecule has 0 radical (unpaired) electrons. The number of carboxylic acid groups (broad SMARTS) is 1. The number of halogens is 4. The summed E-state index contributed by atoms with van der Waals surface area (Å²) in [4.78, 5) is 57.9. The molecule has 1 amide bonds. The van der Waals surface area contributed by atoms with Crippen LogP contribution >= 0.6 is 0 Å². The summed E-state index contributed by atoms with van der Waals surface area (Å²) >= 11 is 0. The maximum atomic E-state index is 15.4. The van der Waals surface area contributed by atoms with Gasteiger partial charge in [-0.3, -0.25) is 19.1 Å². The molecule has 0 spiro atoms. The number of rotatable bonds is 7. The van der Waals surface area contributed by atoms with Crippen molar-refractivity contribution in [1.29, 1.82) is 0 Å². The second kappa shape index (κ2) is 13.1. The van der Waals surface area contributed by atoms with Gasteiger partial charge in [0.05, 0.1) is 48.9 Å². The normalized spacial score (nSPS) is 17.1. The molecular formula is C33H31F4N5O7. The van der Waals surface area contributed by atoms with Crippen LogP contribution < -0.4 is 21.5 Å². The van der Waals surface area contributed by atoms with Gasteiger partial charge in [0.15, 0.2) is 0 Å². The predicted molar refractivity (Wildman–Crippen MR) is 168 cm³/mol. The highest BCUT2D eigenvalue weighted by atomic mass is 19.4. The fraction of sp³-hybridized carbons (Fsp3) is 0.364. The van der Waals surface area contributed by atoms with Crippen LogP contribution in [0.25, 0.3) is 16.6 Å². The van der Waals surface area contributed by atoms with Crippen LogP contribution in [0.3, 0.4) is 0 Å². The molecule has 12 nitrogen and oxygen atoms in total. The summed E-state index contributed by atoms with van der Waals surface area (Å²) in [5.74, 6) is -3.63. The minimum Gasteiger partial charge on any atom is -0.480 e. The number of benzene rings is 2. The van der Waals surface area contributed by atoms with Crippen LogP contribution in [0, 0.1) is 12.7 Å². The van der Waals surface area contributed by atoms with Crippen molar-refractivity contribution in [2.24, 2.45) is 7.05 Å². The molecule has 258 valence electrons. The van der Waals surface area contributed by atoms with Crippen molar-refractivity contribution in [3.05, 3.63) is 97.2 Å². The number of nitrogens with one attached hydrogen (secondary N) is 1. The summed E-state index contributed by atoms with van der Waals surface area (Å²) in [5, 5.41) is 12.8. The molecular weight excluding hydrogens is 654 g/mol. The van der Waals surface area contributed by atoms with Gasteiger partial charge in [-0.25, -0.2) is 18.5 Å². The molecule has 16 heteroatoms. The topological polar surface area (TPSA) is 145 Å². The summed E-state index contributed by atoms with van der Waals surface area (Å²) in [6.07, 6.45) is -3.17. The number of carbonyl (C=O) groups is 2. The van der Waals surface area contributed by atoms with Gasteiger partial charge in [-0.15, -0.1) is 0 Å². The Labute approximate surface area is 275 Å². The number of aliphatic carboxylic acids is 1. The monoisotopic (exact) mass is 685 g/mol. The van der Waals surface area contributed by atoms with E-state index in [1.807, 2.05) is 0 Å². The minimum absolute atomic E-state index is 0.00288. The zero-order valence-electron chi connectivity index (χ0n) is 26.3. The number of alkyl halides is 3. The molecule has 0 saturated carbocycles. The van der Waals surface area contributed by atoms with Crippen molar-refractivity contribution in [3.63, 3.8) is 0 Å². The molecule has 6 rings (SSSR count). The van der Waals surface area contributed by atoms with E-state index in [-0.39, 0.29) is 48.6 Å². The molecule has 0 bridgehead atoms. The van der Waals surface area contributed by atoms with Crippen molar-refractivity contribution in [1.82, 2.24) is 19.4 Å². The van der Waals surface area contributed by atoms with Crippen molar-refractivity contribution in [2.75, 3.05) is 31.3 Å². The Morgan fingerprint density at radius 3 is 2.63 bits per heavy atom. The Kier molecular flexibility index (Phi) is 9.02. The number of anilines is 1. The summed E-state index contributed by atoms with van der Waals surface area (Å²) in [5.41, 5.74) is 0.0170. The highest BCUT2D eigenvalue weighted by Gasteiger charge is 2.45. The predicted octanol–water partition coefficient (Wildman–Crippen LogP) is 2.80. The molecule has 4 aromatic rings. The number of carboxylic acids is 1. The van der Waals surface area contributed by atoms with Crippen molar-refractivity contribution >= 4 is 28.5 Å². The number of amides is 1. The van der Waals surface area contributed by atoms with E-state index in [2.05, 4.69) is 10.3 Å². The van der Waals surface area contributed by atoms with E-state index in [0.717, 1.165) is 15.5 Å². The molecule has 1 fully saturated rings. The number of pyridine rings is 1. The highest BCUT2D eigenvalue weighted by Crippen LogP contribution is 2.33. The summed E-state index contributed by atoms with van der Waals surface area (Å²) in [6, 6.07) is 4.70. The number of fused-ring (bicyclic) bond motifs is 2. The van der Waals surface area contributed by atoms with Crippen molar-refractivity contribution < 1.29 is 41.7 Å².